The first-order valence-corrected chi connectivity index (χ1v) is 7.44. The van der Waals surface area contributed by atoms with E-state index in [9.17, 15) is 0 Å². The van der Waals surface area contributed by atoms with Crippen molar-refractivity contribution in [2.75, 3.05) is 12.4 Å². The second-order valence-corrected chi connectivity index (χ2v) is 5.28. The van der Waals surface area contributed by atoms with Gasteiger partial charge in [-0.05, 0) is 31.1 Å². The number of hydrogen-bond donors (Lipinski definition) is 0. The highest BCUT2D eigenvalue weighted by molar-refractivity contribution is 6.29. The van der Waals surface area contributed by atoms with Crippen LogP contribution in [0.2, 0.25) is 0 Å². The predicted octanol–water partition coefficient (Wildman–Crippen LogP) is 4.68. The summed E-state index contributed by atoms with van der Waals surface area (Å²) in [6.45, 7) is 5.56. The van der Waals surface area contributed by atoms with E-state index in [1.54, 1.807) is 0 Å². The van der Waals surface area contributed by atoms with Crippen molar-refractivity contribution in [1.29, 1.82) is 0 Å². The molecule has 0 saturated heterocycles. The molecule has 1 saturated carbocycles. The molecule has 0 spiro atoms. The van der Waals surface area contributed by atoms with Crippen LogP contribution in [-0.2, 0) is 0 Å². The zero-order valence-electron chi connectivity index (χ0n) is 10.8. The molecule has 0 bridgehead atoms. The molecule has 0 atom stereocenters. The van der Waals surface area contributed by atoms with Crippen molar-refractivity contribution in [1.82, 2.24) is 0 Å². The van der Waals surface area contributed by atoms with Crippen molar-refractivity contribution in [2.24, 2.45) is 16.8 Å². The smallest absolute Gasteiger partial charge is 0.0606 e. The minimum Gasteiger partial charge on any atom is -0.293 e. The molecule has 0 aromatic heterocycles. The maximum Gasteiger partial charge on any atom is 0.0606 e. The molecule has 0 aromatic rings. The molecular weight excluding hydrogens is 218 g/mol. The monoisotopic (exact) mass is 243 g/mol. The molecule has 0 aliphatic heterocycles. The van der Waals surface area contributed by atoms with Gasteiger partial charge in [0.2, 0.25) is 0 Å². The highest BCUT2D eigenvalue weighted by Gasteiger charge is 2.26. The molecule has 1 fully saturated rings. The minimum absolute atomic E-state index is 0.650. The summed E-state index contributed by atoms with van der Waals surface area (Å²) in [6.07, 6.45) is 9.23. The lowest BCUT2D eigenvalue weighted by Gasteiger charge is -2.13. The summed E-state index contributed by atoms with van der Waals surface area (Å²) in [4.78, 5) is 4.69. The van der Waals surface area contributed by atoms with E-state index in [2.05, 4.69) is 13.8 Å². The van der Waals surface area contributed by atoms with Gasteiger partial charge in [0.15, 0.2) is 0 Å². The zero-order chi connectivity index (χ0) is 11.8. The SMILES string of the molecule is CCCC(CCC)CC/N=C(/CCl)C1CC1. The quantitative estimate of drug-likeness (QED) is 0.412. The summed E-state index contributed by atoms with van der Waals surface area (Å²) in [5.74, 6) is 2.28. The van der Waals surface area contributed by atoms with E-state index in [0.717, 1.165) is 18.4 Å². The van der Waals surface area contributed by atoms with Gasteiger partial charge in [0.1, 0.15) is 0 Å². The third kappa shape index (κ3) is 5.34. The molecule has 0 aromatic carbocycles. The molecule has 1 nitrogen and oxygen atoms in total. The second kappa shape index (κ2) is 8.11. The van der Waals surface area contributed by atoms with Crippen molar-refractivity contribution in [3.8, 4) is 0 Å². The average Bonchev–Trinajstić information content (AvgIpc) is 3.09. The van der Waals surface area contributed by atoms with E-state index >= 15 is 0 Å². The number of nitrogens with zero attached hydrogens (tertiary/aromatic N) is 1. The Morgan fingerprint density at radius 3 is 2.25 bits per heavy atom. The Hall–Kier alpha value is -0.0400. The Balaban J connectivity index is 2.24. The molecule has 0 amide bonds. The molecule has 94 valence electrons. The van der Waals surface area contributed by atoms with Crippen LogP contribution < -0.4 is 0 Å². The summed E-state index contributed by atoms with van der Waals surface area (Å²) in [5, 5.41) is 0. The first kappa shape index (κ1) is 14.0. The molecule has 0 N–H and O–H groups in total. The van der Waals surface area contributed by atoms with Crippen LogP contribution in [0.5, 0.6) is 0 Å². The Morgan fingerprint density at radius 2 is 1.81 bits per heavy atom. The van der Waals surface area contributed by atoms with Crippen LogP contribution in [-0.4, -0.2) is 18.1 Å². The summed E-state index contributed by atoms with van der Waals surface area (Å²) in [6, 6.07) is 0. The van der Waals surface area contributed by atoms with E-state index in [4.69, 9.17) is 16.6 Å². The van der Waals surface area contributed by atoms with Crippen molar-refractivity contribution < 1.29 is 0 Å². The van der Waals surface area contributed by atoms with Gasteiger partial charge < -0.3 is 0 Å². The third-order valence-corrected chi connectivity index (χ3v) is 3.71. The fourth-order valence-corrected chi connectivity index (χ4v) is 2.64. The van der Waals surface area contributed by atoms with Crippen molar-refractivity contribution >= 4 is 17.3 Å². The van der Waals surface area contributed by atoms with Gasteiger partial charge in [0.05, 0.1) is 5.88 Å². The largest absolute Gasteiger partial charge is 0.293 e. The zero-order valence-corrected chi connectivity index (χ0v) is 11.6. The van der Waals surface area contributed by atoms with E-state index in [-0.39, 0.29) is 0 Å². The summed E-state index contributed by atoms with van der Waals surface area (Å²) >= 11 is 5.91. The molecule has 0 heterocycles. The number of rotatable bonds is 9. The van der Waals surface area contributed by atoms with Crippen LogP contribution in [0.25, 0.3) is 0 Å². The van der Waals surface area contributed by atoms with Crippen molar-refractivity contribution in [2.45, 2.75) is 58.8 Å². The summed E-state index contributed by atoms with van der Waals surface area (Å²) < 4.78 is 0. The lowest BCUT2D eigenvalue weighted by molar-refractivity contribution is 0.417. The summed E-state index contributed by atoms with van der Waals surface area (Å²) in [5.41, 5.74) is 1.27. The Bertz CT molecular complexity index is 203. The van der Waals surface area contributed by atoms with Gasteiger partial charge in [-0.1, -0.05) is 39.5 Å². The molecule has 2 heteroatoms. The lowest BCUT2D eigenvalue weighted by atomic mass is 9.95. The van der Waals surface area contributed by atoms with Gasteiger partial charge in [0, 0.05) is 12.3 Å². The highest BCUT2D eigenvalue weighted by atomic mass is 35.5. The minimum atomic E-state index is 0.650. The van der Waals surface area contributed by atoms with Crippen LogP contribution in [0.15, 0.2) is 4.99 Å². The van der Waals surface area contributed by atoms with Crippen LogP contribution in [0.4, 0.5) is 0 Å². The Labute approximate surface area is 106 Å². The molecule has 1 aliphatic rings. The fraction of sp³-hybridized carbons (Fsp3) is 0.929. The number of hydrogen-bond acceptors (Lipinski definition) is 1. The maximum absolute atomic E-state index is 5.91. The average molecular weight is 244 g/mol. The Kier molecular flexibility index (Phi) is 7.11. The van der Waals surface area contributed by atoms with Crippen LogP contribution >= 0.6 is 11.6 Å². The van der Waals surface area contributed by atoms with E-state index in [0.29, 0.717) is 5.88 Å². The third-order valence-electron chi connectivity index (χ3n) is 3.43. The van der Waals surface area contributed by atoms with Crippen molar-refractivity contribution in [3.63, 3.8) is 0 Å². The lowest BCUT2D eigenvalue weighted by Crippen LogP contribution is -2.07. The van der Waals surface area contributed by atoms with Crippen molar-refractivity contribution in [3.05, 3.63) is 0 Å². The number of halogens is 1. The molecule has 0 radical (unpaired) electrons. The first-order valence-electron chi connectivity index (χ1n) is 6.90. The van der Waals surface area contributed by atoms with Gasteiger partial charge in [-0.15, -0.1) is 11.6 Å². The predicted molar refractivity (Wildman–Crippen MR) is 73.7 cm³/mol. The first-order chi connectivity index (χ1) is 7.81. The van der Waals surface area contributed by atoms with Crippen LogP contribution in [0.1, 0.15) is 58.8 Å². The van der Waals surface area contributed by atoms with Gasteiger partial charge in [-0.3, -0.25) is 4.99 Å². The highest BCUT2D eigenvalue weighted by Crippen LogP contribution is 2.31. The maximum atomic E-state index is 5.91. The standard InChI is InChI=1S/C14H26ClN/c1-3-5-12(6-4-2)9-10-16-14(11-15)13-7-8-13/h12-13H,3-11H2,1-2H3/b16-14-. The second-order valence-electron chi connectivity index (χ2n) is 5.01. The normalized spacial score (nSPS) is 17.1. The Morgan fingerprint density at radius 1 is 1.19 bits per heavy atom. The van der Waals surface area contributed by atoms with E-state index in [1.165, 1.54) is 50.7 Å². The fourth-order valence-electron chi connectivity index (χ4n) is 2.34. The number of aliphatic imine (C=N–C) groups is 1. The van der Waals surface area contributed by atoms with E-state index < -0.39 is 0 Å². The summed E-state index contributed by atoms with van der Waals surface area (Å²) in [7, 11) is 0. The number of alkyl halides is 1. The van der Waals surface area contributed by atoms with Gasteiger partial charge in [-0.25, -0.2) is 0 Å². The van der Waals surface area contributed by atoms with Crippen LogP contribution in [0, 0.1) is 11.8 Å². The van der Waals surface area contributed by atoms with E-state index in [1.807, 2.05) is 0 Å². The molecule has 0 unspecified atom stereocenters. The molecular formula is C14H26ClN. The van der Waals surface area contributed by atoms with Gasteiger partial charge in [0.25, 0.3) is 0 Å². The van der Waals surface area contributed by atoms with Gasteiger partial charge in [-0.2, -0.15) is 0 Å². The van der Waals surface area contributed by atoms with Gasteiger partial charge >= 0.3 is 0 Å². The molecule has 16 heavy (non-hydrogen) atoms. The van der Waals surface area contributed by atoms with Crippen LogP contribution in [0.3, 0.4) is 0 Å². The molecule has 1 aliphatic carbocycles. The molecule has 1 rings (SSSR count). The topological polar surface area (TPSA) is 12.4 Å².